The summed E-state index contributed by atoms with van der Waals surface area (Å²) in [7, 11) is 0. The molecule has 0 radical (unpaired) electrons. The second kappa shape index (κ2) is 9.97. The van der Waals surface area contributed by atoms with Crippen LogP contribution in [0.4, 0.5) is 5.69 Å². The van der Waals surface area contributed by atoms with Gasteiger partial charge in [0.2, 0.25) is 0 Å². The van der Waals surface area contributed by atoms with Gasteiger partial charge in [-0.2, -0.15) is 0 Å². The van der Waals surface area contributed by atoms with E-state index in [0.717, 1.165) is 52.4 Å². The Kier molecular flexibility index (Phi) is 8.68. The Bertz CT molecular complexity index is 577. The standard InChI is InChI=1S/C13H18Br2N2O.C2H2O4/c14-9-5-8(13(16)12(15)6-9)7-17-10-1-3-11(18)4-2-10;3-1(4)2(5)6/h5-6,10-11,17-18H,1-4,7,16H2;(H,3,4)(H,5,6). The van der Waals surface area contributed by atoms with E-state index in [1.54, 1.807) is 0 Å². The van der Waals surface area contributed by atoms with Crippen LogP contribution >= 0.6 is 31.9 Å². The third-order valence-corrected chi connectivity index (χ3v) is 4.75. The maximum absolute atomic E-state index is 9.47. The number of carboxylic acids is 2. The van der Waals surface area contributed by atoms with Gasteiger partial charge in [0, 0.05) is 21.5 Å². The number of anilines is 1. The van der Waals surface area contributed by atoms with Gasteiger partial charge in [0.05, 0.1) is 11.8 Å². The molecule has 1 saturated carbocycles. The van der Waals surface area contributed by atoms with Crippen molar-refractivity contribution in [3.8, 4) is 0 Å². The molecule has 0 bridgehead atoms. The van der Waals surface area contributed by atoms with E-state index in [4.69, 9.17) is 25.5 Å². The number of halogens is 2. The molecule has 0 aromatic heterocycles. The van der Waals surface area contributed by atoms with Crippen molar-refractivity contribution < 1.29 is 24.9 Å². The molecule has 0 unspecified atom stereocenters. The zero-order valence-electron chi connectivity index (χ0n) is 12.8. The smallest absolute Gasteiger partial charge is 0.414 e. The highest BCUT2D eigenvalue weighted by Crippen LogP contribution is 2.28. The number of nitrogen functional groups attached to an aromatic ring is 1. The van der Waals surface area contributed by atoms with Crippen molar-refractivity contribution in [2.45, 2.75) is 44.4 Å². The molecule has 1 fully saturated rings. The van der Waals surface area contributed by atoms with Crippen molar-refractivity contribution in [1.82, 2.24) is 5.32 Å². The fourth-order valence-corrected chi connectivity index (χ4v) is 3.63. The van der Waals surface area contributed by atoms with E-state index in [0.29, 0.717) is 6.04 Å². The summed E-state index contributed by atoms with van der Waals surface area (Å²) in [4.78, 5) is 18.2. The fraction of sp³-hybridized carbons (Fsp3) is 0.467. The van der Waals surface area contributed by atoms with Crippen LogP contribution in [0.2, 0.25) is 0 Å². The van der Waals surface area contributed by atoms with E-state index in [1.807, 2.05) is 12.1 Å². The van der Waals surface area contributed by atoms with Crippen molar-refractivity contribution in [3.05, 3.63) is 26.6 Å². The Balaban J connectivity index is 0.000000413. The lowest BCUT2D eigenvalue weighted by Crippen LogP contribution is -2.34. The average molecular weight is 468 g/mol. The van der Waals surface area contributed by atoms with Crippen LogP contribution in [0.5, 0.6) is 0 Å². The summed E-state index contributed by atoms with van der Waals surface area (Å²) >= 11 is 6.93. The minimum Gasteiger partial charge on any atom is -0.473 e. The first-order valence-corrected chi connectivity index (χ1v) is 8.90. The molecule has 1 aliphatic rings. The Morgan fingerprint density at radius 2 is 1.67 bits per heavy atom. The molecule has 1 aromatic rings. The Labute approximate surface area is 156 Å². The predicted molar refractivity (Wildman–Crippen MR) is 96.6 cm³/mol. The van der Waals surface area contributed by atoms with Gasteiger partial charge in [-0.15, -0.1) is 0 Å². The lowest BCUT2D eigenvalue weighted by molar-refractivity contribution is -0.159. The van der Waals surface area contributed by atoms with Crippen LogP contribution < -0.4 is 11.1 Å². The number of aliphatic carboxylic acids is 2. The summed E-state index contributed by atoms with van der Waals surface area (Å²) in [6, 6.07) is 4.49. The zero-order valence-corrected chi connectivity index (χ0v) is 16.0. The number of nitrogens with two attached hydrogens (primary N) is 1. The molecule has 1 aromatic carbocycles. The summed E-state index contributed by atoms with van der Waals surface area (Å²) in [6.07, 6.45) is 3.77. The van der Waals surface area contributed by atoms with Crippen molar-refractivity contribution in [2.75, 3.05) is 5.73 Å². The molecule has 0 spiro atoms. The van der Waals surface area contributed by atoms with Crippen molar-refractivity contribution in [1.29, 1.82) is 0 Å². The first kappa shape index (κ1) is 20.9. The third-order valence-electron chi connectivity index (χ3n) is 3.64. The van der Waals surface area contributed by atoms with Gasteiger partial charge >= 0.3 is 11.9 Å². The van der Waals surface area contributed by atoms with Gasteiger partial charge in [0.1, 0.15) is 0 Å². The second-order valence-electron chi connectivity index (χ2n) is 5.46. The molecule has 9 heteroatoms. The first-order valence-electron chi connectivity index (χ1n) is 7.31. The van der Waals surface area contributed by atoms with Crippen molar-refractivity contribution in [2.24, 2.45) is 0 Å². The number of hydrogen-bond acceptors (Lipinski definition) is 5. The van der Waals surface area contributed by atoms with Gasteiger partial charge in [-0.25, -0.2) is 9.59 Å². The Hall–Kier alpha value is -1.16. The van der Waals surface area contributed by atoms with Crippen LogP contribution in [-0.2, 0) is 16.1 Å². The van der Waals surface area contributed by atoms with E-state index in [-0.39, 0.29) is 6.10 Å². The monoisotopic (exact) mass is 466 g/mol. The average Bonchev–Trinajstić information content (AvgIpc) is 2.51. The molecule has 134 valence electrons. The number of benzene rings is 1. The molecular formula is C15H20Br2N2O5. The lowest BCUT2D eigenvalue weighted by atomic mass is 9.93. The fourth-order valence-electron chi connectivity index (χ4n) is 2.32. The van der Waals surface area contributed by atoms with Crippen LogP contribution in [0, 0.1) is 0 Å². The first-order chi connectivity index (χ1) is 11.2. The number of rotatable bonds is 3. The van der Waals surface area contributed by atoms with Crippen LogP contribution in [0.15, 0.2) is 21.1 Å². The minimum atomic E-state index is -1.82. The number of carbonyl (C=O) groups is 2. The molecule has 0 amide bonds. The molecule has 2 rings (SSSR count). The summed E-state index contributed by atoms with van der Waals surface area (Å²) in [5.41, 5.74) is 7.93. The molecule has 6 N–H and O–H groups in total. The molecule has 0 atom stereocenters. The topological polar surface area (TPSA) is 133 Å². The van der Waals surface area contributed by atoms with Gasteiger partial charge in [0.15, 0.2) is 0 Å². The molecule has 24 heavy (non-hydrogen) atoms. The summed E-state index contributed by atoms with van der Waals surface area (Å²) in [6.45, 7) is 0.768. The number of aliphatic hydroxyl groups excluding tert-OH is 1. The number of nitrogens with one attached hydrogen (secondary N) is 1. The SMILES string of the molecule is Nc1c(Br)cc(Br)cc1CNC1CCC(O)CC1.O=C(O)C(=O)O. The predicted octanol–water partition coefficient (Wildman–Crippen LogP) is 2.34. The molecule has 0 saturated heterocycles. The van der Waals surface area contributed by atoms with Gasteiger partial charge in [-0.3, -0.25) is 0 Å². The Morgan fingerprint density at radius 1 is 1.12 bits per heavy atom. The summed E-state index contributed by atoms with van der Waals surface area (Å²) in [5, 5.41) is 27.8. The number of aliphatic hydroxyl groups is 1. The van der Waals surface area contributed by atoms with E-state index in [9.17, 15) is 5.11 Å². The number of carboxylic acid groups (broad SMARTS) is 2. The highest BCUT2D eigenvalue weighted by molar-refractivity contribution is 9.11. The van der Waals surface area contributed by atoms with Gasteiger partial charge < -0.3 is 26.4 Å². The normalized spacial score (nSPS) is 20.0. The second-order valence-corrected chi connectivity index (χ2v) is 7.23. The zero-order chi connectivity index (χ0) is 18.3. The maximum Gasteiger partial charge on any atom is 0.414 e. The van der Waals surface area contributed by atoms with Crippen LogP contribution in [0.1, 0.15) is 31.2 Å². The molecule has 0 aliphatic heterocycles. The van der Waals surface area contributed by atoms with E-state index >= 15 is 0 Å². The van der Waals surface area contributed by atoms with Crippen LogP contribution in [0.3, 0.4) is 0 Å². The highest BCUT2D eigenvalue weighted by Gasteiger charge is 2.19. The Morgan fingerprint density at radius 3 is 2.17 bits per heavy atom. The third kappa shape index (κ3) is 7.16. The lowest BCUT2D eigenvalue weighted by Gasteiger charge is -2.26. The highest BCUT2D eigenvalue weighted by atomic mass is 79.9. The van der Waals surface area contributed by atoms with Crippen molar-refractivity contribution in [3.63, 3.8) is 0 Å². The summed E-state index contributed by atoms with van der Waals surface area (Å²) in [5.74, 6) is -3.65. The van der Waals surface area contributed by atoms with E-state index < -0.39 is 11.9 Å². The van der Waals surface area contributed by atoms with Crippen LogP contribution in [-0.4, -0.2) is 39.4 Å². The quantitative estimate of drug-likeness (QED) is 0.340. The molecule has 7 nitrogen and oxygen atoms in total. The molecular weight excluding hydrogens is 448 g/mol. The van der Waals surface area contributed by atoms with Gasteiger partial charge in [-0.1, -0.05) is 15.9 Å². The van der Waals surface area contributed by atoms with Gasteiger partial charge in [0.25, 0.3) is 0 Å². The van der Waals surface area contributed by atoms with E-state index in [2.05, 4.69) is 37.2 Å². The largest absolute Gasteiger partial charge is 0.473 e. The maximum atomic E-state index is 9.47. The van der Waals surface area contributed by atoms with Crippen LogP contribution in [0.25, 0.3) is 0 Å². The molecule has 1 aliphatic carbocycles. The van der Waals surface area contributed by atoms with Gasteiger partial charge in [-0.05, 0) is 59.3 Å². The van der Waals surface area contributed by atoms with E-state index in [1.165, 1.54) is 0 Å². The van der Waals surface area contributed by atoms with Crippen molar-refractivity contribution >= 4 is 49.5 Å². The minimum absolute atomic E-state index is 0.104. The summed E-state index contributed by atoms with van der Waals surface area (Å²) < 4.78 is 1.95. The molecule has 0 heterocycles. The number of hydrogen-bond donors (Lipinski definition) is 5.